The van der Waals surface area contributed by atoms with Gasteiger partial charge in [-0.05, 0) is 6.07 Å². The molecule has 144 valence electrons. The molecule has 0 aliphatic carbocycles. The van der Waals surface area contributed by atoms with E-state index in [0.717, 1.165) is 0 Å². The smallest absolute Gasteiger partial charge is 0.238 e. The number of amides is 2. The van der Waals surface area contributed by atoms with Crippen molar-refractivity contribution in [2.24, 2.45) is 5.92 Å². The molecule has 0 radical (unpaired) electrons. The van der Waals surface area contributed by atoms with Gasteiger partial charge in [0.25, 0.3) is 0 Å². The number of piperazine rings is 1. The molecule has 1 N–H and O–H groups in total. The molecule has 0 saturated carbocycles. The average Bonchev–Trinajstić information content (AvgIpc) is 2.61. The monoisotopic (exact) mass is 383 g/mol. The van der Waals surface area contributed by atoms with E-state index in [1.54, 1.807) is 12.1 Å². The van der Waals surface area contributed by atoms with Crippen LogP contribution in [0.15, 0.2) is 12.1 Å². The van der Waals surface area contributed by atoms with Crippen molar-refractivity contribution in [2.75, 3.05) is 52.3 Å². The molecule has 7 nitrogen and oxygen atoms in total. The highest BCUT2D eigenvalue weighted by molar-refractivity contribution is 6.32. The molecule has 2 amide bonds. The zero-order valence-corrected chi connectivity index (χ0v) is 16.4. The molecule has 1 fully saturated rings. The number of benzene rings is 1. The second-order valence-electron chi connectivity index (χ2n) is 6.49. The van der Waals surface area contributed by atoms with Gasteiger partial charge in [0.1, 0.15) is 11.5 Å². The molecule has 2 rings (SSSR count). The number of carbonyl (C=O) groups excluding carboxylic acids is 2. The van der Waals surface area contributed by atoms with E-state index in [1.807, 2.05) is 23.6 Å². The van der Waals surface area contributed by atoms with Crippen molar-refractivity contribution >= 4 is 29.1 Å². The Morgan fingerprint density at radius 1 is 1.12 bits per heavy atom. The summed E-state index contributed by atoms with van der Waals surface area (Å²) in [6.07, 6.45) is 0. The van der Waals surface area contributed by atoms with Crippen molar-refractivity contribution in [1.29, 1.82) is 0 Å². The number of rotatable bonds is 6. The maximum absolute atomic E-state index is 12.4. The lowest BCUT2D eigenvalue weighted by atomic mass is 10.1. The van der Waals surface area contributed by atoms with Crippen LogP contribution >= 0.6 is 11.6 Å². The minimum absolute atomic E-state index is 0.00265. The van der Waals surface area contributed by atoms with E-state index in [1.165, 1.54) is 14.2 Å². The van der Waals surface area contributed by atoms with Crippen LogP contribution in [0.3, 0.4) is 0 Å². The van der Waals surface area contributed by atoms with Crippen molar-refractivity contribution in [3.8, 4) is 11.5 Å². The Balaban J connectivity index is 1.92. The van der Waals surface area contributed by atoms with E-state index >= 15 is 0 Å². The Morgan fingerprint density at radius 3 is 2.27 bits per heavy atom. The fourth-order valence-corrected chi connectivity index (χ4v) is 3.08. The summed E-state index contributed by atoms with van der Waals surface area (Å²) in [5.41, 5.74) is 0.497. The topological polar surface area (TPSA) is 71.1 Å². The van der Waals surface area contributed by atoms with E-state index in [4.69, 9.17) is 21.1 Å². The third kappa shape index (κ3) is 5.02. The molecule has 0 unspecified atom stereocenters. The number of nitrogens with zero attached hydrogens (tertiary/aromatic N) is 2. The van der Waals surface area contributed by atoms with Gasteiger partial charge in [-0.1, -0.05) is 25.4 Å². The van der Waals surface area contributed by atoms with Crippen LogP contribution in [-0.2, 0) is 9.59 Å². The largest absolute Gasteiger partial charge is 0.495 e. The second kappa shape index (κ2) is 9.09. The molecular formula is C18H26ClN3O4. The maximum Gasteiger partial charge on any atom is 0.238 e. The Labute approximate surface area is 159 Å². The van der Waals surface area contributed by atoms with Gasteiger partial charge in [-0.3, -0.25) is 14.5 Å². The summed E-state index contributed by atoms with van der Waals surface area (Å²) in [5.74, 6) is 0.955. The van der Waals surface area contributed by atoms with Crippen molar-refractivity contribution < 1.29 is 19.1 Å². The maximum atomic E-state index is 12.4. The molecule has 0 aromatic heterocycles. The van der Waals surface area contributed by atoms with E-state index in [2.05, 4.69) is 5.32 Å². The first-order valence-electron chi connectivity index (χ1n) is 8.58. The summed E-state index contributed by atoms with van der Waals surface area (Å²) in [4.78, 5) is 28.3. The highest BCUT2D eigenvalue weighted by Crippen LogP contribution is 2.35. The molecule has 26 heavy (non-hydrogen) atoms. The molecule has 1 aromatic rings. The highest BCUT2D eigenvalue weighted by Gasteiger charge is 2.24. The first-order valence-corrected chi connectivity index (χ1v) is 8.96. The molecule has 8 heteroatoms. The summed E-state index contributed by atoms with van der Waals surface area (Å²) in [6, 6.07) is 3.24. The third-order valence-electron chi connectivity index (χ3n) is 4.29. The van der Waals surface area contributed by atoms with Gasteiger partial charge in [-0.2, -0.15) is 0 Å². The van der Waals surface area contributed by atoms with E-state index in [9.17, 15) is 9.59 Å². The number of halogens is 1. The number of ether oxygens (including phenoxy) is 2. The van der Waals surface area contributed by atoms with Gasteiger partial charge >= 0.3 is 0 Å². The lowest BCUT2D eigenvalue weighted by Crippen LogP contribution is -2.51. The van der Waals surface area contributed by atoms with Crippen LogP contribution in [0.4, 0.5) is 5.69 Å². The number of carbonyl (C=O) groups is 2. The molecule has 1 saturated heterocycles. The minimum Gasteiger partial charge on any atom is -0.495 e. The van der Waals surface area contributed by atoms with Crippen LogP contribution in [0, 0.1) is 5.92 Å². The first-order chi connectivity index (χ1) is 12.3. The number of methoxy groups -OCH3 is 2. The summed E-state index contributed by atoms with van der Waals surface area (Å²) < 4.78 is 10.4. The zero-order chi connectivity index (χ0) is 19.3. The van der Waals surface area contributed by atoms with E-state index in [0.29, 0.717) is 48.4 Å². The van der Waals surface area contributed by atoms with Crippen LogP contribution in [0.5, 0.6) is 11.5 Å². The molecule has 1 aliphatic rings. The SMILES string of the molecule is COc1cc(OC)c(NC(=O)CN2CCN(C(=O)C(C)C)CC2)cc1Cl. The van der Waals surface area contributed by atoms with Crippen LogP contribution < -0.4 is 14.8 Å². The molecule has 1 aromatic carbocycles. The summed E-state index contributed by atoms with van der Waals surface area (Å²) >= 11 is 6.13. The van der Waals surface area contributed by atoms with Crippen molar-refractivity contribution in [3.63, 3.8) is 0 Å². The van der Waals surface area contributed by atoms with Gasteiger partial charge in [0.15, 0.2) is 0 Å². The van der Waals surface area contributed by atoms with Crippen LogP contribution in [-0.4, -0.2) is 68.6 Å². The van der Waals surface area contributed by atoms with Gasteiger partial charge in [-0.25, -0.2) is 0 Å². The fraction of sp³-hybridized carbons (Fsp3) is 0.556. The molecule has 1 aliphatic heterocycles. The normalized spacial score (nSPS) is 15.1. The number of anilines is 1. The van der Waals surface area contributed by atoms with Gasteiger partial charge < -0.3 is 19.7 Å². The van der Waals surface area contributed by atoms with Gasteiger partial charge in [-0.15, -0.1) is 0 Å². The summed E-state index contributed by atoms with van der Waals surface area (Å²) in [5, 5.41) is 3.22. The number of hydrogen-bond acceptors (Lipinski definition) is 5. The number of nitrogens with one attached hydrogen (secondary N) is 1. The number of hydrogen-bond donors (Lipinski definition) is 1. The van der Waals surface area contributed by atoms with Gasteiger partial charge in [0.05, 0.1) is 31.5 Å². The Bertz CT molecular complexity index is 658. The lowest BCUT2D eigenvalue weighted by Gasteiger charge is -2.35. The first kappa shape index (κ1) is 20.3. The molecule has 1 heterocycles. The second-order valence-corrected chi connectivity index (χ2v) is 6.90. The Morgan fingerprint density at radius 2 is 1.73 bits per heavy atom. The Hall–Kier alpha value is -1.99. The average molecular weight is 384 g/mol. The standard InChI is InChI=1S/C18H26ClN3O4/c1-12(2)18(24)22-7-5-21(6-8-22)11-17(23)20-14-9-13(19)15(25-3)10-16(14)26-4/h9-10,12H,5-8,11H2,1-4H3,(H,20,23). The van der Waals surface area contributed by atoms with E-state index in [-0.39, 0.29) is 24.3 Å². The van der Waals surface area contributed by atoms with Gasteiger partial charge in [0, 0.05) is 38.2 Å². The summed E-state index contributed by atoms with van der Waals surface area (Å²) in [7, 11) is 3.03. The molecule has 0 bridgehead atoms. The van der Waals surface area contributed by atoms with Crippen molar-refractivity contribution in [2.45, 2.75) is 13.8 Å². The Kier molecular flexibility index (Phi) is 7.11. The zero-order valence-electron chi connectivity index (χ0n) is 15.7. The van der Waals surface area contributed by atoms with Crippen LogP contribution in [0.2, 0.25) is 5.02 Å². The predicted octanol–water partition coefficient (Wildman–Crippen LogP) is 2.10. The van der Waals surface area contributed by atoms with E-state index < -0.39 is 0 Å². The molecule has 0 spiro atoms. The quantitative estimate of drug-likeness (QED) is 0.814. The minimum atomic E-state index is -0.159. The van der Waals surface area contributed by atoms with Crippen LogP contribution in [0.1, 0.15) is 13.8 Å². The fourth-order valence-electron chi connectivity index (χ4n) is 2.84. The highest BCUT2D eigenvalue weighted by atomic mass is 35.5. The van der Waals surface area contributed by atoms with Crippen molar-refractivity contribution in [3.05, 3.63) is 17.2 Å². The van der Waals surface area contributed by atoms with Crippen LogP contribution in [0.25, 0.3) is 0 Å². The summed E-state index contributed by atoms with van der Waals surface area (Å²) in [6.45, 7) is 6.67. The lowest BCUT2D eigenvalue weighted by molar-refractivity contribution is -0.136. The molecule has 0 atom stereocenters. The third-order valence-corrected chi connectivity index (χ3v) is 4.59. The predicted molar refractivity (Wildman–Crippen MR) is 101 cm³/mol. The van der Waals surface area contributed by atoms with Gasteiger partial charge in [0.2, 0.25) is 11.8 Å². The van der Waals surface area contributed by atoms with Crippen molar-refractivity contribution in [1.82, 2.24) is 9.80 Å². The molecular weight excluding hydrogens is 358 g/mol.